The second-order valence-electron chi connectivity index (χ2n) is 7.91. The summed E-state index contributed by atoms with van der Waals surface area (Å²) in [6, 6.07) is 2.47. The van der Waals surface area contributed by atoms with E-state index in [1.807, 2.05) is 0 Å². The van der Waals surface area contributed by atoms with Crippen LogP contribution in [0.2, 0.25) is 0 Å². The molecule has 2 aliphatic heterocycles. The van der Waals surface area contributed by atoms with E-state index in [1.54, 1.807) is 6.07 Å². The number of nitrogens with zero attached hydrogens (tertiary/aromatic N) is 1. The van der Waals surface area contributed by atoms with Gasteiger partial charge in [0.05, 0.1) is 0 Å². The first-order valence-corrected chi connectivity index (χ1v) is 9.65. The number of carbonyl (C=O) groups is 3. The van der Waals surface area contributed by atoms with Gasteiger partial charge in [0.2, 0.25) is 11.8 Å². The van der Waals surface area contributed by atoms with Crippen molar-refractivity contribution < 1.29 is 18.8 Å². The van der Waals surface area contributed by atoms with Gasteiger partial charge >= 0.3 is 0 Å². The summed E-state index contributed by atoms with van der Waals surface area (Å²) in [4.78, 5) is 37.6. The molecule has 3 N–H and O–H groups in total. The fourth-order valence-corrected chi connectivity index (χ4v) is 4.57. The van der Waals surface area contributed by atoms with Crippen molar-refractivity contribution in [2.75, 3.05) is 0 Å². The van der Waals surface area contributed by atoms with Gasteiger partial charge in [-0.3, -0.25) is 19.7 Å². The zero-order valence-corrected chi connectivity index (χ0v) is 15.2. The lowest BCUT2D eigenvalue weighted by Gasteiger charge is -2.29. The van der Waals surface area contributed by atoms with Crippen molar-refractivity contribution >= 4 is 17.7 Å². The first kappa shape index (κ1) is 18.1. The van der Waals surface area contributed by atoms with Gasteiger partial charge in [0.1, 0.15) is 11.9 Å². The van der Waals surface area contributed by atoms with Crippen molar-refractivity contribution in [1.82, 2.24) is 10.2 Å². The molecule has 6 nitrogen and oxygen atoms in total. The van der Waals surface area contributed by atoms with Crippen molar-refractivity contribution in [2.45, 2.75) is 63.6 Å². The summed E-state index contributed by atoms with van der Waals surface area (Å²) in [6.45, 7) is 0.268. The monoisotopic (exact) mass is 373 g/mol. The number of halogens is 1. The van der Waals surface area contributed by atoms with E-state index in [2.05, 4.69) is 5.32 Å². The van der Waals surface area contributed by atoms with E-state index in [-0.39, 0.29) is 42.6 Å². The van der Waals surface area contributed by atoms with Crippen LogP contribution < -0.4 is 11.1 Å². The maximum Gasteiger partial charge on any atom is 0.255 e. The lowest BCUT2D eigenvalue weighted by molar-refractivity contribution is -0.136. The Kier molecular flexibility index (Phi) is 4.72. The molecule has 3 aliphatic rings. The largest absolute Gasteiger partial charge is 0.327 e. The second kappa shape index (κ2) is 7.03. The minimum absolute atomic E-state index is 0.0907. The average Bonchev–Trinajstić information content (AvgIpc) is 2.93. The number of nitrogens with one attached hydrogen (secondary N) is 1. The molecule has 1 aromatic rings. The molecule has 3 atom stereocenters. The van der Waals surface area contributed by atoms with Crippen LogP contribution in [0, 0.1) is 11.7 Å². The first-order valence-electron chi connectivity index (χ1n) is 9.65. The van der Waals surface area contributed by atoms with Gasteiger partial charge in [-0.25, -0.2) is 4.39 Å². The van der Waals surface area contributed by atoms with Crippen LogP contribution >= 0.6 is 0 Å². The number of hydrogen-bond donors (Lipinski definition) is 2. The Balaban J connectivity index is 1.55. The number of hydrogen-bond acceptors (Lipinski definition) is 4. The molecule has 0 aromatic heterocycles. The Labute approximate surface area is 157 Å². The number of benzene rings is 1. The Morgan fingerprint density at radius 3 is 2.67 bits per heavy atom. The summed E-state index contributed by atoms with van der Waals surface area (Å²) < 4.78 is 14.7. The molecular formula is C20H24FN3O3. The highest BCUT2D eigenvalue weighted by Gasteiger charge is 2.39. The molecule has 1 aromatic carbocycles. The number of piperidine rings is 1. The third kappa shape index (κ3) is 3.36. The summed E-state index contributed by atoms with van der Waals surface area (Å²) in [7, 11) is 0. The van der Waals surface area contributed by atoms with Crippen molar-refractivity contribution in [3.05, 3.63) is 34.6 Å². The Morgan fingerprint density at radius 1 is 1.15 bits per heavy atom. The third-order valence-corrected chi connectivity index (χ3v) is 6.14. The number of carbonyl (C=O) groups excluding carboxylic acids is 3. The summed E-state index contributed by atoms with van der Waals surface area (Å²) in [5.41, 5.74) is 7.85. The van der Waals surface area contributed by atoms with Crippen LogP contribution in [0.1, 0.15) is 60.0 Å². The highest BCUT2D eigenvalue weighted by atomic mass is 19.1. The number of amides is 3. The molecule has 3 amide bonds. The molecule has 144 valence electrons. The summed E-state index contributed by atoms with van der Waals surface area (Å²) in [6.07, 6.45) is 5.30. The average molecular weight is 373 g/mol. The topological polar surface area (TPSA) is 92.5 Å². The van der Waals surface area contributed by atoms with Gasteiger partial charge < -0.3 is 10.6 Å². The smallest absolute Gasteiger partial charge is 0.255 e. The van der Waals surface area contributed by atoms with Gasteiger partial charge in [-0.1, -0.05) is 18.9 Å². The number of fused-ring (bicyclic) bond motifs is 1. The number of rotatable bonds is 3. The maximum atomic E-state index is 14.7. The van der Waals surface area contributed by atoms with Crippen LogP contribution in [0.15, 0.2) is 12.1 Å². The van der Waals surface area contributed by atoms with Crippen LogP contribution in [-0.4, -0.2) is 34.7 Å². The molecule has 1 saturated heterocycles. The number of imide groups is 1. The molecule has 0 radical (unpaired) electrons. The fourth-order valence-electron chi connectivity index (χ4n) is 4.57. The van der Waals surface area contributed by atoms with E-state index in [0.29, 0.717) is 24.0 Å². The molecule has 1 saturated carbocycles. The standard InChI is InChI=1S/C20H24FN3O3/c21-15-9-14-13(8-12(15)7-11-3-1-2-4-16(11)22)10-24(20(14)27)17-5-6-18(25)23-19(17)26/h8-9,11,16-17H,1-7,10,22H2,(H,23,25,26)/t11-,16+,17?/m1/s1. The molecule has 7 heteroatoms. The van der Waals surface area contributed by atoms with E-state index in [0.717, 1.165) is 31.2 Å². The lowest BCUT2D eigenvalue weighted by atomic mass is 9.81. The van der Waals surface area contributed by atoms with Crippen molar-refractivity contribution in [3.63, 3.8) is 0 Å². The highest BCUT2D eigenvalue weighted by Crippen LogP contribution is 2.32. The number of nitrogens with two attached hydrogens (primary N) is 1. The Morgan fingerprint density at radius 2 is 1.93 bits per heavy atom. The molecule has 0 spiro atoms. The molecule has 4 rings (SSSR count). The summed E-state index contributed by atoms with van der Waals surface area (Å²) >= 11 is 0. The quantitative estimate of drug-likeness (QED) is 0.788. The second-order valence-corrected chi connectivity index (χ2v) is 7.91. The predicted octanol–water partition coefficient (Wildman–Crippen LogP) is 1.65. The molecule has 2 heterocycles. The normalized spacial score (nSPS) is 28.3. The van der Waals surface area contributed by atoms with E-state index in [1.165, 1.54) is 11.0 Å². The molecular weight excluding hydrogens is 349 g/mol. The van der Waals surface area contributed by atoms with Gasteiger partial charge in [0.25, 0.3) is 5.91 Å². The molecule has 1 aliphatic carbocycles. The molecule has 0 bridgehead atoms. The van der Waals surface area contributed by atoms with Gasteiger partial charge in [-0.05, 0) is 48.8 Å². The van der Waals surface area contributed by atoms with E-state index in [4.69, 9.17) is 5.73 Å². The van der Waals surface area contributed by atoms with Gasteiger partial charge in [-0.2, -0.15) is 0 Å². The fraction of sp³-hybridized carbons (Fsp3) is 0.550. The zero-order chi connectivity index (χ0) is 19.1. The van der Waals surface area contributed by atoms with Crippen LogP contribution in [0.4, 0.5) is 4.39 Å². The zero-order valence-electron chi connectivity index (χ0n) is 15.2. The minimum Gasteiger partial charge on any atom is -0.327 e. The van der Waals surface area contributed by atoms with Crippen LogP contribution in [0.3, 0.4) is 0 Å². The maximum absolute atomic E-state index is 14.7. The third-order valence-electron chi connectivity index (χ3n) is 6.14. The van der Waals surface area contributed by atoms with E-state index >= 15 is 0 Å². The van der Waals surface area contributed by atoms with Gasteiger partial charge in [0, 0.05) is 24.6 Å². The Hall–Kier alpha value is -2.28. The van der Waals surface area contributed by atoms with Crippen LogP contribution in [0.5, 0.6) is 0 Å². The van der Waals surface area contributed by atoms with Gasteiger partial charge in [0.15, 0.2) is 0 Å². The van der Waals surface area contributed by atoms with Crippen molar-refractivity contribution in [3.8, 4) is 0 Å². The van der Waals surface area contributed by atoms with Crippen molar-refractivity contribution in [2.24, 2.45) is 11.7 Å². The first-order chi connectivity index (χ1) is 12.9. The molecule has 1 unspecified atom stereocenters. The highest BCUT2D eigenvalue weighted by molar-refractivity contribution is 6.05. The van der Waals surface area contributed by atoms with Crippen molar-refractivity contribution in [1.29, 1.82) is 0 Å². The van der Waals surface area contributed by atoms with E-state index < -0.39 is 11.9 Å². The van der Waals surface area contributed by atoms with Crippen LogP contribution in [-0.2, 0) is 22.6 Å². The Bertz CT molecular complexity index is 810. The van der Waals surface area contributed by atoms with E-state index in [9.17, 15) is 18.8 Å². The minimum atomic E-state index is -0.680. The predicted molar refractivity (Wildman–Crippen MR) is 96.1 cm³/mol. The molecule has 2 fully saturated rings. The van der Waals surface area contributed by atoms with Crippen LogP contribution in [0.25, 0.3) is 0 Å². The SMILES string of the molecule is N[C@H]1CCCC[C@@H]1Cc1cc2c(cc1F)C(=O)N(C1CCC(=O)NC1=O)C2. The summed E-state index contributed by atoms with van der Waals surface area (Å²) in [5.74, 6) is -1.25. The lowest BCUT2D eigenvalue weighted by Crippen LogP contribution is -2.52. The summed E-state index contributed by atoms with van der Waals surface area (Å²) in [5, 5.41) is 2.28. The molecule has 27 heavy (non-hydrogen) atoms. The van der Waals surface area contributed by atoms with Gasteiger partial charge in [-0.15, -0.1) is 0 Å².